The Morgan fingerprint density at radius 2 is 0.547 bits per heavy atom. The molecular weight excluding hydrogens is 793 g/mol. The summed E-state index contributed by atoms with van der Waals surface area (Å²) in [5.74, 6) is 0.0652. The van der Waals surface area contributed by atoms with E-state index in [1.807, 2.05) is 0 Å². The summed E-state index contributed by atoms with van der Waals surface area (Å²) in [4.78, 5) is 37.9. The van der Waals surface area contributed by atoms with Crippen LogP contribution in [0.3, 0.4) is 0 Å². The molecule has 0 fully saturated rings. The van der Waals surface area contributed by atoms with E-state index in [0.29, 0.717) is 19.3 Å². The van der Waals surface area contributed by atoms with Gasteiger partial charge in [-0.2, -0.15) is 0 Å². The second-order valence-corrected chi connectivity index (χ2v) is 20.2. The van der Waals surface area contributed by atoms with E-state index >= 15 is 0 Å². The van der Waals surface area contributed by atoms with Crippen LogP contribution in [0.4, 0.5) is 0 Å². The van der Waals surface area contributed by atoms with Crippen molar-refractivity contribution in [2.24, 2.45) is 5.92 Å². The summed E-state index contributed by atoms with van der Waals surface area (Å²) < 4.78 is 16.8. The quantitative estimate of drug-likeness (QED) is 0.0344. The summed E-state index contributed by atoms with van der Waals surface area (Å²) in [6.07, 6.45) is 56.8. The predicted molar refractivity (Wildman–Crippen MR) is 275 cm³/mol. The van der Waals surface area contributed by atoms with Crippen molar-refractivity contribution in [3.05, 3.63) is 0 Å². The van der Waals surface area contributed by atoms with Crippen molar-refractivity contribution < 1.29 is 28.6 Å². The standard InChI is InChI=1S/C58H112O6/c1-5-8-10-12-14-15-16-17-18-21-25-28-31-34-38-42-46-50-57(60)63-53-55(52-62-56(59)49-45-41-36-13-11-9-6-2)64-58(61)51-47-43-39-35-32-29-26-23-20-19-22-24-27-30-33-37-40-44-48-54(4)7-3/h54-55H,5-53H2,1-4H3/t54?,55-/m0/s1. The summed E-state index contributed by atoms with van der Waals surface area (Å²) in [6.45, 7) is 9.06. The third kappa shape index (κ3) is 49.8. The van der Waals surface area contributed by atoms with Gasteiger partial charge in [0.1, 0.15) is 13.2 Å². The molecule has 380 valence electrons. The number of rotatable bonds is 53. The Morgan fingerprint density at radius 3 is 0.812 bits per heavy atom. The fourth-order valence-electron chi connectivity index (χ4n) is 8.89. The molecule has 0 radical (unpaired) electrons. The molecule has 0 spiro atoms. The highest BCUT2D eigenvalue weighted by atomic mass is 16.6. The molecule has 0 aromatic carbocycles. The average Bonchev–Trinajstić information content (AvgIpc) is 3.29. The van der Waals surface area contributed by atoms with E-state index in [1.54, 1.807) is 0 Å². The molecule has 0 aliphatic rings. The summed E-state index contributed by atoms with van der Waals surface area (Å²) in [7, 11) is 0. The van der Waals surface area contributed by atoms with E-state index in [9.17, 15) is 14.4 Å². The maximum Gasteiger partial charge on any atom is 0.306 e. The van der Waals surface area contributed by atoms with Crippen molar-refractivity contribution in [3.8, 4) is 0 Å². The summed E-state index contributed by atoms with van der Waals surface area (Å²) in [5, 5.41) is 0. The second kappa shape index (κ2) is 52.4. The number of esters is 3. The van der Waals surface area contributed by atoms with Crippen molar-refractivity contribution in [1.82, 2.24) is 0 Å². The topological polar surface area (TPSA) is 78.9 Å². The number of hydrogen-bond donors (Lipinski definition) is 0. The van der Waals surface area contributed by atoms with E-state index in [4.69, 9.17) is 14.2 Å². The van der Waals surface area contributed by atoms with Gasteiger partial charge in [-0.3, -0.25) is 14.4 Å². The van der Waals surface area contributed by atoms with Crippen molar-refractivity contribution in [2.75, 3.05) is 13.2 Å². The molecule has 6 heteroatoms. The Labute approximate surface area is 399 Å². The molecule has 2 atom stereocenters. The summed E-state index contributed by atoms with van der Waals surface area (Å²) >= 11 is 0. The Bertz CT molecular complexity index is 966. The van der Waals surface area contributed by atoms with E-state index < -0.39 is 6.10 Å². The molecule has 0 bridgehead atoms. The average molecular weight is 906 g/mol. The van der Waals surface area contributed by atoms with Gasteiger partial charge >= 0.3 is 17.9 Å². The van der Waals surface area contributed by atoms with Crippen molar-refractivity contribution in [2.45, 2.75) is 336 Å². The molecule has 0 rings (SSSR count). The van der Waals surface area contributed by atoms with E-state index in [2.05, 4.69) is 27.7 Å². The van der Waals surface area contributed by atoms with Crippen LogP contribution >= 0.6 is 0 Å². The molecule has 0 aromatic rings. The maximum atomic E-state index is 12.8. The van der Waals surface area contributed by atoms with Crippen LogP contribution in [0.5, 0.6) is 0 Å². The fraction of sp³-hybridized carbons (Fsp3) is 0.948. The Kier molecular flexibility index (Phi) is 51.1. The largest absolute Gasteiger partial charge is 0.462 e. The maximum absolute atomic E-state index is 12.8. The van der Waals surface area contributed by atoms with Crippen LogP contribution in [0, 0.1) is 5.92 Å². The van der Waals surface area contributed by atoms with Gasteiger partial charge in [0.05, 0.1) is 0 Å². The molecule has 0 aliphatic heterocycles. The van der Waals surface area contributed by atoms with E-state index in [-0.39, 0.29) is 31.1 Å². The van der Waals surface area contributed by atoms with Gasteiger partial charge in [-0.05, 0) is 25.2 Å². The number of hydrogen-bond acceptors (Lipinski definition) is 6. The Hall–Kier alpha value is -1.59. The lowest BCUT2D eigenvalue weighted by atomic mass is 9.99. The fourth-order valence-corrected chi connectivity index (χ4v) is 8.89. The molecule has 6 nitrogen and oxygen atoms in total. The molecular formula is C58H112O6. The van der Waals surface area contributed by atoms with Gasteiger partial charge in [-0.25, -0.2) is 0 Å². The molecule has 0 aliphatic carbocycles. The summed E-state index contributed by atoms with van der Waals surface area (Å²) in [5.41, 5.74) is 0. The smallest absolute Gasteiger partial charge is 0.306 e. The Morgan fingerprint density at radius 1 is 0.312 bits per heavy atom. The van der Waals surface area contributed by atoms with Gasteiger partial charge in [-0.1, -0.05) is 291 Å². The van der Waals surface area contributed by atoms with Crippen LogP contribution in [0.25, 0.3) is 0 Å². The van der Waals surface area contributed by atoms with Crippen LogP contribution in [-0.2, 0) is 28.6 Å². The van der Waals surface area contributed by atoms with Gasteiger partial charge in [0, 0.05) is 19.3 Å². The van der Waals surface area contributed by atoms with Gasteiger partial charge in [-0.15, -0.1) is 0 Å². The van der Waals surface area contributed by atoms with Crippen LogP contribution in [0.2, 0.25) is 0 Å². The molecule has 0 N–H and O–H groups in total. The third-order valence-corrected chi connectivity index (χ3v) is 13.7. The highest BCUT2D eigenvalue weighted by Crippen LogP contribution is 2.18. The Balaban J connectivity index is 4.12. The lowest BCUT2D eigenvalue weighted by Crippen LogP contribution is -2.30. The minimum absolute atomic E-state index is 0.0624. The first-order valence-corrected chi connectivity index (χ1v) is 28.9. The molecule has 64 heavy (non-hydrogen) atoms. The summed E-state index contributed by atoms with van der Waals surface area (Å²) in [6, 6.07) is 0. The molecule has 0 amide bonds. The van der Waals surface area contributed by atoms with Crippen LogP contribution in [-0.4, -0.2) is 37.2 Å². The number of carbonyl (C=O) groups excluding carboxylic acids is 3. The lowest BCUT2D eigenvalue weighted by Gasteiger charge is -2.18. The molecule has 1 unspecified atom stereocenters. The normalized spacial score (nSPS) is 12.4. The van der Waals surface area contributed by atoms with Gasteiger partial charge in [0.25, 0.3) is 0 Å². The third-order valence-electron chi connectivity index (χ3n) is 13.7. The number of carbonyl (C=O) groups is 3. The van der Waals surface area contributed by atoms with Crippen molar-refractivity contribution in [1.29, 1.82) is 0 Å². The lowest BCUT2D eigenvalue weighted by molar-refractivity contribution is -0.167. The first kappa shape index (κ1) is 62.4. The number of unbranched alkanes of at least 4 members (excludes halogenated alkanes) is 39. The highest BCUT2D eigenvalue weighted by molar-refractivity contribution is 5.71. The van der Waals surface area contributed by atoms with Crippen molar-refractivity contribution >= 4 is 17.9 Å². The van der Waals surface area contributed by atoms with Gasteiger partial charge < -0.3 is 14.2 Å². The molecule has 0 heterocycles. The first-order chi connectivity index (χ1) is 31.4. The predicted octanol–water partition coefficient (Wildman–Crippen LogP) is 19.0. The van der Waals surface area contributed by atoms with Crippen LogP contribution < -0.4 is 0 Å². The minimum atomic E-state index is -0.760. The minimum Gasteiger partial charge on any atom is -0.462 e. The highest BCUT2D eigenvalue weighted by Gasteiger charge is 2.19. The first-order valence-electron chi connectivity index (χ1n) is 28.9. The zero-order chi connectivity index (χ0) is 46.7. The number of ether oxygens (including phenoxy) is 3. The molecule has 0 saturated carbocycles. The zero-order valence-electron chi connectivity index (χ0n) is 43.8. The zero-order valence-corrected chi connectivity index (χ0v) is 43.8. The van der Waals surface area contributed by atoms with Crippen molar-refractivity contribution in [3.63, 3.8) is 0 Å². The van der Waals surface area contributed by atoms with E-state index in [1.165, 1.54) is 225 Å². The van der Waals surface area contributed by atoms with Gasteiger partial charge in [0.2, 0.25) is 0 Å². The second-order valence-electron chi connectivity index (χ2n) is 20.2. The van der Waals surface area contributed by atoms with Gasteiger partial charge in [0.15, 0.2) is 6.10 Å². The van der Waals surface area contributed by atoms with E-state index in [0.717, 1.165) is 63.7 Å². The SMILES string of the molecule is CCCCCCCCCCCCCCCCCCCC(=O)OC[C@H](COC(=O)CCCCCCCCC)OC(=O)CCCCCCCCCCCCCCCCCCCCC(C)CC. The monoisotopic (exact) mass is 905 g/mol. The van der Waals surface area contributed by atoms with Crippen LogP contribution in [0.15, 0.2) is 0 Å². The molecule has 0 saturated heterocycles. The molecule has 0 aromatic heterocycles. The van der Waals surface area contributed by atoms with Crippen LogP contribution in [0.1, 0.15) is 329 Å².